The first-order valence-corrected chi connectivity index (χ1v) is 9.64. The summed E-state index contributed by atoms with van der Waals surface area (Å²) >= 11 is 3.72. The lowest BCUT2D eigenvalue weighted by Gasteiger charge is -2.30. The van der Waals surface area contributed by atoms with E-state index in [2.05, 4.69) is 61.0 Å². The van der Waals surface area contributed by atoms with Crippen molar-refractivity contribution < 1.29 is 0 Å². The van der Waals surface area contributed by atoms with E-state index in [1.54, 1.807) is 0 Å². The molecule has 1 rings (SSSR count). The van der Waals surface area contributed by atoms with Crippen LogP contribution < -0.4 is 0 Å². The van der Waals surface area contributed by atoms with Gasteiger partial charge in [0.1, 0.15) is 0 Å². The number of rotatable bonds is 11. The van der Waals surface area contributed by atoms with Crippen molar-refractivity contribution >= 4 is 15.9 Å². The van der Waals surface area contributed by atoms with Gasteiger partial charge < -0.3 is 0 Å². The molecule has 0 spiro atoms. The zero-order chi connectivity index (χ0) is 15.6. The molecule has 21 heavy (non-hydrogen) atoms. The molecule has 1 atom stereocenters. The van der Waals surface area contributed by atoms with Gasteiger partial charge in [0, 0.05) is 4.47 Å². The maximum Gasteiger partial charge on any atom is 0.0207 e. The highest BCUT2D eigenvalue weighted by molar-refractivity contribution is 9.10. The van der Waals surface area contributed by atoms with E-state index in [4.69, 9.17) is 0 Å². The maximum absolute atomic E-state index is 3.72. The Kier molecular flexibility index (Phi) is 9.31. The van der Waals surface area contributed by atoms with Crippen LogP contribution in [0.15, 0.2) is 28.7 Å². The molecule has 1 heteroatoms. The standard InChI is InChI=1S/C20H33Br/c1-4-6-8-12-16-20(3,15-11-7-5-2)17-18-13-9-10-14-19(18)21/h9-10,13-14H,4-8,11-12,15-17H2,1-3H3. The van der Waals surface area contributed by atoms with Gasteiger partial charge in [-0.3, -0.25) is 0 Å². The third-order valence-electron chi connectivity index (χ3n) is 4.59. The molecular weight excluding hydrogens is 320 g/mol. The molecule has 0 aliphatic heterocycles. The van der Waals surface area contributed by atoms with Crippen LogP contribution in [0.4, 0.5) is 0 Å². The molecule has 0 aromatic heterocycles. The van der Waals surface area contributed by atoms with Gasteiger partial charge in [0.25, 0.3) is 0 Å². The molecule has 0 nitrogen and oxygen atoms in total. The fourth-order valence-electron chi connectivity index (χ4n) is 3.18. The minimum absolute atomic E-state index is 0.465. The van der Waals surface area contributed by atoms with Gasteiger partial charge in [-0.15, -0.1) is 0 Å². The van der Waals surface area contributed by atoms with Crippen LogP contribution in [0.5, 0.6) is 0 Å². The first-order valence-electron chi connectivity index (χ1n) is 8.84. The number of hydrogen-bond acceptors (Lipinski definition) is 0. The predicted octanol–water partition coefficient (Wildman–Crippen LogP) is 7.55. The van der Waals surface area contributed by atoms with Crippen molar-refractivity contribution in [1.82, 2.24) is 0 Å². The molecule has 1 unspecified atom stereocenters. The Hall–Kier alpha value is -0.300. The molecule has 0 fully saturated rings. The fourth-order valence-corrected chi connectivity index (χ4v) is 3.61. The molecule has 0 saturated carbocycles. The molecule has 0 aliphatic rings. The van der Waals surface area contributed by atoms with Crippen molar-refractivity contribution in [2.45, 2.75) is 85.0 Å². The van der Waals surface area contributed by atoms with Gasteiger partial charge >= 0.3 is 0 Å². The molecule has 0 radical (unpaired) electrons. The van der Waals surface area contributed by atoms with Gasteiger partial charge in [-0.2, -0.15) is 0 Å². The highest BCUT2D eigenvalue weighted by Gasteiger charge is 2.24. The molecule has 120 valence electrons. The highest BCUT2D eigenvalue weighted by atomic mass is 79.9. The summed E-state index contributed by atoms with van der Waals surface area (Å²) in [4.78, 5) is 0. The van der Waals surface area contributed by atoms with E-state index in [-0.39, 0.29) is 0 Å². The van der Waals surface area contributed by atoms with Crippen molar-refractivity contribution in [3.8, 4) is 0 Å². The Morgan fingerprint density at radius 2 is 1.43 bits per heavy atom. The van der Waals surface area contributed by atoms with Crippen LogP contribution in [0, 0.1) is 5.41 Å². The Morgan fingerprint density at radius 1 is 0.857 bits per heavy atom. The Balaban J connectivity index is 2.63. The van der Waals surface area contributed by atoms with Crippen molar-refractivity contribution in [2.24, 2.45) is 5.41 Å². The van der Waals surface area contributed by atoms with Crippen LogP contribution in [0.2, 0.25) is 0 Å². The number of benzene rings is 1. The monoisotopic (exact) mass is 352 g/mol. The van der Waals surface area contributed by atoms with Gasteiger partial charge in [0.05, 0.1) is 0 Å². The lowest BCUT2D eigenvalue weighted by Crippen LogP contribution is -2.20. The Labute approximate surface area is 140 Å². The third kappa shape index (κ3) is 7.49. The highest BCUT2D eigenvalue weighted by Crippen LogP contribution is 2.36. The largest absolute Gasteiger partial charge is 0.0654 e. The van der Waals surface area contributed by atoms with Crippen LogP contribution in [-0.2, 0) is 6.42 Å². The smallest absolute Gasteiger partial charge is 0.0207 e. The van der Waals surface area contributed by atoms with Gasteiger partial charge in [0.2, 0.25) is 0 Å². The number of halogens is 1. The SMILES string of the molecule is CCCCCCC(C)(CCCCC)Cc1ccccc1Br. The quantitative estimate of drug-likeness (QED) is 0.360. The minimum atomic E-state index is 0.465. The normalized spacial score (nSPS) is 14.1. The van der Waals surface area contributed by atoms with Crippen LogP contribution in [0.25, 0.3) is 0 Å². The van der Waals surface area contributed by atoms with Crippen molar-refractivity contribution in [3.63, 3.8) is 0 Å². The van der Waals surface area contributed by atoms with Crippen LogP contribution in [0.3, 0.4) is 0 Å². The zero-order valence-electron chi connectivity index (χ0n) is 14.3. The summed E-state index contributed by atoms with van der Waals surface area (Å²) < 4.78 is 1.28. The number of hydrogen-bond donors (Lipinski definition) is 0. The fraction of sp³-hybridized carbons (Fsp3) is 0.700. The molecule has 0 heterocycles. The molecule has 0 saturated heterocycles. The Bertz CT molecular complexity index is 385. The zero-order valence-corrected chi connectivity index (χ0v) is 15.8. The van der Waals surface area contributed by atoms with Crippen molar-refractivity contribution in [3.05, 3.63) is 34.3 Å². The molecule has 1 aromatic carbocycles. The van der Waals surface area contributed by atoms with E-state index in [0.29, 0.717) is 5.41 Å². The first kappa shape index (κ1) is 18.7. The topological polar surface area (TPSA) is 0 Å². The van der Waals surface area contributed by atoms with Crippen LogP contribution in [0.1, 0.15) is 84.1 Å². The molecule has 0 bridgehead atoms. The molecule has 0 amide bonds. The van der Waals surface area contributed by atoms with E-state index in [1.165, 1.54) is 74.2 Å². The summed E-state index contributed by atoms with van der Waals surface area (Å²) in [6, 6.07) is 8.75. The average Bonchev–Trinajstić information content (AvgIpc) is 2.47. The maximum atomic E-state index is 3.72. The minimum Gasteiger partial charge on any atom is -0.0654 e. The summed E-state index contributed by atoms with van der Waals surface area (Å²) in [5.41, 5.74) is 1.94. The lowest BCUT2D eigenvalue weighted by molar-refractivity contribution is 0.249. The predicted molar refractivity (Wildman–Crippen MR) is 98.9 cm³/mol. The van der Waals surface area contributed by atoms with Gasteiger partial charge in [-0.05, 0) is 36.3 Å². The molecule has 1 aromatic rings. The van der Waals surface area contributed by atoms with E-state index < -0.39 is 0 Å². The van der Waals surface area contributed by atoms with Crippen LogP contribution >= 0.6 is 15.9 Å². The van der Waals surface area contributed by atoms with Crippen LogP contribution in [-0.4, -0.2) is 0 Å². The van der Waals surface area contributed by atoms with Gasteiger partial charge in [0.15, 0.2) is 0 Å². The summed E-state index contributed by atoms with van der Waals surface area (Å²) in [5, 5.41) is 0. The summed E-state index contributed by atoms with van der Waals surface area (Å²) in [6.07, 6.45) is 13.5. The Morgan fingerprint density at radius 3 is 2.05 bits per heavy atom. The molecule has 0 N–H and O–H groups in total. The van der Waals surface area contributed by atoms with E-state index in [1.807, 2.05) is 0 Å². The molecular formula is C20H33Br. The van der Waals surface area contributed by atoms with Crippen molar-refractivity contribution in [1.29, 1.82) is 0 Å². The summed E-state index contributed by atoms with van der Waals surface area (Å²) in [5.74, 6) is 0. The number of unbranched alkanes of at least 4 members (excludes halogenated alkanes) is 5. The van der Waals surface area contributed by atoms with E-state index in [9.17, 15) is 0 Å². The summed E-state index contributed by atoms with van der Waals surface area (Å²) in [7, 11) is 0. The first-order chi connectivity index (χ1) is 10.1. The van der Waals surface area contributed by atoms with Gasteiger partial charge in [-0.25, -0.2) is 0 Å². The molecule has 0 aliphatic carbocycles. The van der Waals surface area contributed by atoms with Crippen molar-refractivity contribution in [2.75, 3.05) is 0 Å². The van der Waals surface area contributed by atoms with E-state index in [0.717, 1.165) is 0 Å². The lowest BCUT2D eigenvalue weighted by atomic mass is 9.75. The van der Waals surface area contributed by atoms with E-state index >= 15 is 0 Å². The third-order valence-corrected chi connectivity index (χ3v) is 5.37. The summed E-state index contributed by atoms with van der Waals surface area (Å²) in [6.45, 7) is 7.10. The second-order valence-electron chi connectivity index (χ2n) is 6.85. The average molecular weight is 353 g/mol. The second kappa shape index (κ2) is 10.4. The van der Waals surface area contributed by atoms with Gasteiger partial charge in [-0.1, -0.05) is 99.8 Å². The second-order valence-corrected chi connectivity index (χ2v) is 7.70.